The van der Waals surface area contributed by atoms with Crippen molar-refractivity contribution in [2.75, 3.05) is 23.3 Å². The van der Waals surface area contributed by atoms with Gasteiger partial charge in [-0.05, 0) is 75.2 Å². The first-order valence-corrected chi connectivity index (χ1v) is 9.73. The third-order valence-corrected chi connectivity index (χ3v) is 5.93. The van der Waals surface area contributed by atoms with Crippen LogP contribution in [0.25, 0.3) is 0 Å². The highest BCUT2D eigenvalue weighted by Crippen LogP contribution is 2.35. The van der Waals surface area contributed by atoms with Crippen molar-refractivity contribution in [2.45, 2.75) is 37.6 Å². The second-order valence-corrected chi connectivity index (χ2v) is 9.08. The minimum Gasteiger partial charge on any atom is -0.497 e. The van der Waals surface area contributed by atoms with Crippen LogP contribution in [0.5, 0.6) is 5.75 Å². The molecule has 1 heterocycles. The molecule has 0 fully saturated rings. The van der Waals surface area contributed by atoms with Gasteiger partial charge < -0.3 is 10.1 Å². The van der Waals surface area contributed by atoms with Gasteiger partial charge in [0.25, 0.3) is 10.0 Å². The lowest BCUT2D eigenvalue weighted by Crippen LogP contribution is -2.29. The predicted octanol–water partition coefficient (Wildman–Crippen LogP) is 3.66. The average molecular weight is 360 g/mol. The van der Waals surface area contributed by atoms with Gasteiger partial charge in [-0.25, -0.2) is 8.42 Å². The first-order chi connectivity index (χ1) is 11.7. The van der Waals surface area contributed by atoms with Crippen LogP contribution in [0.2, 0.25) is 0 Å². The minimum absolute atomic E-state index is 0.0400. The van der Waals surface area contributed by atoms with Gasteiger partial charge in [-0.1, -0.05) is 0 Å². The van der Waals surface area contributed by atoms with E-state index >= 15 is 0 Å². The molecular formula is C19H24N2O3S. The summed E-state index contributed by atoms with van der Waals surface area (Å²) in [5.41, 5.74) is 2.78. The van der Waals surface area contributed by atoms with Crippen LogP contribution >= 0.6 is 0 Å². The second kappa shape index (κ2) is 6.26. The second-order valence-electron chi connectivity index (χ2n) is 7.22. The maximum Gasteiger partial charge on any atom is 0.264 e. The summed E-state index contributed by atoms with van der Waals surface area (Å²) in [4.78, 5) is 0.276. The lowest BCUT2D eigenvalue weighted by molar-refractivity contribution is 0.414. The molecule has 2 aromatic carbocycles. The summed E-state index contributed by atoms with van der Waals surface area (Å²) in [6.45, 7) is 6.75. The third-order valence-electron chi connectivity index (χ3n) is 4.10. The standard InChI is InChI=1S/C19H24N2O3S/c1-19(2,3)20-15-5-10-18-14(13-15)11-12-21(18)25(22,23)17-8-6-16(24-4)7-9-17/h5-10,13,20H,11-12H2,1-4H3. The number of hydrogen-bond acceptors (Lipinski definition) is 4. The van der Waals surface area contributed by atoms with Gasteiger partial charge in [-0.15, -0.1) is 0 Å². The van der Waals surface area contributed by atoms with Crippen molar-refractivity contribution in [2.24, 2.45) is 0 Å². The van der Waals surface area contributed by atoms with Gasteiger partial charge in [0.05, 0.1) is 17.7 Å². The molecule has 0 unspecified atom stereocenters. The lowest BCUT2D eigenvalue weighted by Gasteiger charge is -2.23. The molecular weight excluding hydrogens is 336 g/mol. The molecule has 0 spiro atoms. The minimum atomic E-state index is -3.57. The summed E-state index contributed by atoms with van der Waals surface area (Å²) < 4.78 is 32.6. The van der Waals surface area contributed by atoms with Gasteiger partial charge >= 0.3 is 0 Å². The van der Waals surface area contributed by atoms with Gasteiger partial charge in [0.1, 0.15) is 5.75 Å². The Morgan fingerprint density at radius 3 is 2.36 bits per heavy atom. The van der Waals surface area contributed by atoms with Crippen molar-refractivity contribution in [3.8, 4) is 5.75 Å². The van der Waals surface area contributed by atoms with E-state index in [1.165, 1.54) is 4.31 Å². The van der Waals surface area contributed by atoms with Gasteiger partial charge in [0.2, 0.25) is 0 Å². The molecule has 0 aromatic heterocycles. The number of nitrogens with one attached hydrogen (secondary N) is 1. The van der Waals surface area contributed by atoms with E-state index in [0.717, 1.165) is 16.9 Å². The highest BCUT2D eigenvalue weighted by atomic mass is 32.2. The quantitative estimate of drug-likeness (QED) is 0.904. The Labute approximate surface area is 149 Å². The molecule has 6 heteroatoms. The molecule has 0 aliphatic carbocycles. The number of fused-ring (bicyclic) bond motifs is 1. The van der Waals surface area contributed by atoms with E-state index in [-0.39, 0.29) is 10.4 Å². The molecule has 0 radical (unpaired) electrons. The SMILES string of the molecule is COc1ccc(S(=O)(=O)N2CCc3cc(NC(C)(C)C)ccc32)cc1. The number of benzene rings is 2. The van der Waals surface area contributed by atoms with Gasteiger partial charge in [0.15, 0.2) is 0 Å². The third kappa shape index (κ3) is 3.58. The van der Waals surface area contributed by atoms with Crippen molar-refractivity contribution >= 4 is 21.4 Å². The molecule has 1 aliphatic rings. The maximum absolute atomic E-state index is 13.0. The fourth-order valence-electron chi connectivity index (χ4n) is 3.01. The van der Waals surface area contributed by atoms with E-state index in [2.05, 4.69) is 26.1 Å². The molecule has 0 saturated carbocycles. The van der Waals surface area contributed by atoms with E-state index in [1.54, 1.807) is 31.4 Å². The summed E-state index contributed by atoms with van der Waals surface area (Å²) in [5, 5.41) is 3.43. The molecule has 0 saturated heterocycles. The van der Waals surface area contributed by atoms with Crippen LogP contribution in [-0.4, -0.2) is 27.6 Å². The summed E-state index contributed by atoms with van der Waals surface area (Å²) >= 11 is 0. The number of anilines is 2. The molecule has 2 aromatic rings. The Morgan fingerprint density at radius 1 is 1.08 bits per heavy atom. The highest BCUT2D eigenvalue weighted by Gasteiger charge is 2.31. The average Bonchev–Trinajstić information content (AvgIpc) is 2.97. The van der Waals surface area contributed by atoms with E-state index in [4.69, 9.17) is 4.74 Å². The lowest BCUT2D eigenvalue weighted by atomic mass is 10.1. The Balaban J connectivity index is 1.91. The summed E-state index contributed by atoms with van der Waals surface area (Å²) in [5.74, 6) is 0.638. The Kier molecular flexibility index (Phi) is 4.41. The van der Waals surface area contributed by atoms with Crippen LogP contribution in [0, 0.1) is 0 Å². The molecule has 0 atom stereocenters. The largest absolute Gasteiger partial charge is 0.497 e. The topological polar surface area (TPSA) is 58.6 Å². The maximum atomic E-state index is 13.0. The van der Waals surface area contributed by atoms with Crippen LogP contribution in [0.4, 0.5) is 11.4 Å². The van der Waals surface area contributed by atoms with Crippen LogP contribution < -0.4 is 14.4 Å². The highest BCUT2D eigenvalue weighted by molar-refractivity contribution is 7.92. The van der Waals surface area contributed by atoms with E-state index in [9.17, 15) is 8.42 Å². The Bertz CT molecular complexity index is 869. The Hall–Kier alpha value is -2.21. The number of hydrogen-bond donors (Lipinski definition) is 1. The summed E-state index contributed by atoms with van der Waals surface area (Å²) in [6.07, 6.45) is 0.713. The molecule has 1 N–H and O–H groups in total. The molecule has 5 nitrogen and oxygen atoms in total. The zero-order chi connectivity index (χ0) is 18.2. The van der Waals surface area contributed by atoms with Crippen molar-refractivity contribution in [3.63, 3.8) is 0 Å². The van der Waals surface area contributed by atoms with E-state index in [1.807, 2.05) is 18.2 Å². The molecule has 25 heavy (non-hydrogen) atoms. The molecule has 0 bridgehead atoms. The molecule has 134 valence electrons. The van der Waals surface area contributed by atoms with Gasteiger partial charge in [-0.3, -0.25) is 4.31 Å². The first-order valence-electron chi connectivity index (χ1n) is 8.29. The zero-order valence-electron chi connectivity index (χ0n) is 15.0. The van der Waals surface area contributed by atoms with E-state index in [0.29, 0.717) is 18.7 Å². The van der Waals surface area contributed by atoms with Crippen LogP contribution in [0.1, 0.15) is 26.3 Å². The zero-order valence-corrected chi connectivity index (χ0v) is 15.9. The molecule has 3 rings (SSSR count). The van der Waals surface area contributed by atoms with Crippen molar-refractivity contribution in [3.05, 3.63) is 48.0 Å². The van der Waals surface area contributed by atoms with E-state index < -0.39 is 10.0 Å². The number of ether oxygens (including phenoxy) is 1. The fraction of sp³-hybridized carbons (Fsp3) is 0.368. The van der Waals surface area contributed by atoms with Crippen molar-refractivity contribution in [1.29, 1.82) is 0 Å². The molecule has 1 aliphatic heterocycles. The normalized spacial score (nSPS) is 14.3. The van der Waals surface area contributed by atoms with Crippen molar-refractivity contribution in [1.82, 2.24) is 0 Å². The summed E-state index contributed by atoms with van der Waals surface area (Å²) in [7, 11) is -2.01. The number of rotatable bonds is 4. The predicted molar refractivity (Wildman–Crippen MR) is 101 cm³/mol. The van der Waals surface area contributed by atoms with Gasteiger partial charge in [-0.2, -0.15) is 0 Å². The van der Waals surface area contributed by atoms with Crippen LogP contribution in [-0.2, 0) is 16.4 Å². The first kappa shape index (κ1) is 17.6. The molecule has 0 amide bonds. The number of nitrogens with zero attached hydrogens (tertiary/aromatic N) is 1. The van der Waals surface area contributed by atoms with Crippen LogP contribution in [0.3, 0.4) is 0 Å². The Morgan fingerprint density at radius 2 is 1.76 bits per heavy atom. The smallest absolute Gasteiger partial charge is 0.264 e. The number of methoxy groups -OCH3 is 1. The van der Waals surface area contributed by atoms with Crippen LogP contribution in [0.15, 0.2) is 47.4 Å². The monoisotopic (exact) mass is 360 g/mol. The summed E-state index contributed by atoms with van der Waals surface area (Å²) in [6, 6.07) is 12.4. The number of sulfonamides is 1. The fourth-order valence-corrected chi connectivity index (χ4v) is 4.51. The van der Waals surface area contributed by atoms with Crippen molar-refractivity contribution < 1.29 is 13.2 Å². The van der Waals surface area contributed by atoms with Gasteiger partial charge in [0, 0.05) is 17.8 Å².